The summed E-state index contributed by atoms with van der Waals surface area (Å²) in [5.41, 5.74) is 2.97. The first-order chi connectivity index (χ1) is 13.4. The molecule has 28 heavy (non-hydrogen) atoms. The number of imidazole rings is 1. The van der Waals surface area contributed by atoms with Gasteiger partial charge in [0, 0.05) is 12.1 Å². The van der Waals surface area contributed by atoms with Gasteiger partial charge in [-0.2, -0.15) is 0 Å². The number of aromatic nitrogens is 2. The van der Waals surface area contributed by atoms with Crippen LogP contribution >= 0.6 is 0 Å². The number of amides is 2. The molecular formula is C21H32N4O3. The fraction of sp³-hybridized carbons (Fsp3) is 0.619. The molecule has 2 heterocycles. The lowest BCUT2D eigenvalue weighted by atomic mass is 9.95. The molecule has 3 N–H and O–H groups in total. The number of hydrogen-bond donors (Lipinski definition) is 3. The van der Waals surface area contributed by atoms with Gasteiger partial charge in [0.1, 0.15) is 17.4 Å². The van der Waals surface area contributed by atoms with Crippen LogP contribution in [-0.2, 0) is 0 Å². The van der Waals surface area contributed by atoms with E-state index in [1.165, 1.54) is 19.3 Å². The Morgan fingerprint density at radius 3 is 2.64 bits per heavy atom. The van der Waals surface area contributed by atoms with Crippen molar-refractivity contribution < 1.29 is 14.6 Å². The number of aromatic amines is 1. The number of hydrogen-bond acceptors (Lipinski definition) is 4. The number of H-pyrrole nitrogens is 1. The molecule has 1 aliphatic heterocycles. The number of aliphatic hydroxyl groups excluding tert-OH is 1. The molecule has 1 aromatic carbocycles. The fourth-order valence-electron chi connectivity index (χ4n) is 3.62. The number of carbonyl (C=O) groups excluding carboxylic acids is 1. The van der Waals surface area contributed by atoms with Crippen LogP contribution in [-0.4, -0.2) is 57.3 Å². The number of aliphatic hydroxyl groups is 1. The van der Waals surface area contributed by atoms with E-state index in [1.54, 1.807) is 20.2 Å². The number of nitrogens with zero attached hydrogens (tertiary/aromatic N) is 2. The normalized spacial score (nSPS) is 17.8. The van der Waals surface area contributed by atoms with E-state index in [2.05, 4.69) is 21.4 Å². The monoisotopic (exact) mass is 388 g/mol. The topological polar surface area (TPSA) is 90.5 Å². The average Bonchev–Trinajstić information content (AvgIpc) is 3.06. The summed E-state index contributed by atoms with van der Waals surface area (Å²) in [6, 6.07) is 4.47. The van der Waals surface area contributed by atoms with Gasteiger partial charge in [0.05, 0.1) is 24.9 Å². The smallest absolute Gasteiger partial charge is 0.317 e. The van der Waals surface area contributed by atoms with Crippen molar-refractivity contribution in [2.24, 2.45) is 0 Å². The molecule has 1 saturated heterocycles. The number of rotatable bonds is 3. The summed E-state index contributed by atoms with van der Waals surface area (Å²) in [7, 11) is 0. The summed E-state index contributed by atoms with van der Waals surface area (Å²) >= 11 is 0. The number of fused-ring (bicyclic) bond motifs is 1. The highest BCUT2D eigenvalue weighted by atomic mass is 16.5. The second-order valence-electron chi connectivity index (χ2n) is 8.08. The molecule has 1 saturated carbocycles. The third-order valence-corrected chi connectivity index (χ3v) is 4.99. The Morgan fingerprint density at radius 1 is 1.29 bits per heavy atom. The first-order valence-corrected chi connectivity index (χ1v) is 10.3. The second-order valence-corrected chi connectivity index (χ2v) is 8.08. The lowest BCUT2D eigenvalue weighted by Gasteiger charge is -2.40. The molecule has 2 fully saturated rings. The largest absolute Gasteiger partial charge is 0.484 e. The maximum atomic E-state index is 12.3. The second kappa shape index (κ2) is 9.28. The van der Waals surface area contributed by atoms with E-state index >= 15 is 0 Å². The number of ether oxygens (including phenoxy) is 1. The van der Waals surface area contributed by atoms with Crippen LogP contribution in [0, 0.1) is 6.92 Å². The van der Waals surface area contributed by atoms with Crippen molar-refractivity contribution in [3.05, 3.63) is 24.0 Å². The summed E-state index contributed by atoms with van der Waals surface area (Å²) in [5, 5.41) is 11.2. The highest BCUT2D eigenvalue weighted by Gasteiger charge is 2.33. The number of benzene rings is 1. The molecule has 2 aromatic rings. The van der Waals surface area contributed by atoms with Crippen molar-refractivity contribution in [2.45, 2.75) is 71.1 Å². The Bertz CT molecular complexity index is 774. The van der Waals surface area contributed by atoms with Crippen LogP contribution in [0.15, 0.2) is 18.5 Å². The number of nitrogens with one attached hydrogen (secondary N) is 2. The zero-order valence-corrected chi connectivity index (χ0v) is 17.1. The summed E-state index contributed by atoms with van der Waals surface area (Å²) in [6.45, 7) is 6.76. The molecule has 1 aliphatic carbocycles. The van der Waals surface area contributed by atoms with Crippen molar-refractivity contribution in [1.82, 2.24) is 20.2 Å². The Hall–Kier alpha value is -2.28. The van der Waals surface area contributed by atoms with Gasteiger partial charge in [-0.05, 0) is 51.3 Å². The van der Waals surface area contributed by atoms with E-state index in [-0.39, 0.29) is 18.2 Å². The van der Waals surface area contributed by atoms with E-state index in [9.17, 15) is 4.79 Å². The van der Waals surface area contributed by atoms with Crippen LogP contribution in [0.1, 0.15) is 51.5 Å². The Labute approximate surface area is 166 Å². The van der Waals surface area contributed by atoms with Gasteiger partial charge in [0.2, 0.25) is 0 Å². The maximum absolute atomic E-state index is 12.3. The Morgan fingerprint density at radius 2 is 1.96 bits per heavy atom. The highest BCUT2D eigenvalue weighted by molar-refractivity contribution is 5.82. The maximum Gasteiger partial charge on any atom is 0.317 e. The van der Waals surface area contributed by atoms with Gasteiger partial charge in [-0.15, -0.1) is 0 Å². The van der Waals surface area contributed by atoms with Crippen LogP contribution in [0.5, 0.6) is 5.75 Å². The third-order valence-electron chi connectivity index (χ3n) is 4.99. The lowest BCUT2D eigenvalue weighted by Crippen LogP contribution is -2.60. The average molecular weight is 389 g/mol. The fourth-order valence-corrected chi connectivity index (χ4v) is 3.62. The summed E-state index contributed by atoms with van der Waals surface area (Å²) in [6.07, 6.45) is 7.53. The minimum absolute atomic E-state index is 0.0452. The third kappa shape index (κ3) is 5.38. The molecule has 0 atom stereocenters. The molecule has 2 amide bonds. The first-order valence-electron chi connectivity index (χ1n) is 10.3. The predicted molar refractivity (Wildman–Crippen MR) is 110 cm³/mol. The highest BCUT2D eigenvalue weighted by Crippen LogP contribution is 2.27. The minimum atomic E-state index is -0.167. The SMILES string of the molecule is CC(C)O.Cc1cc(OC2CN(C(=O)NC3CCCCC3)C2)c2nc[nH]c2c1. The van der Waals surface area contributed by atoms with Gasteiger partial charge in [0.25, 0.3) is 0 Å². The van der Waals surface area contributed by atoms with Crippen molar-refractivity contribution in [1.29, 1.82) is 0 Å². The van der Waals surface area contributed by atoms with Gasteiger partial charge in [0.15, 0.2) is 0 Å². The molecule has 7 nitrogen and oxygen atoms in total. The van der Waals surface area contributed by atoms with Crippen LogP contribution < -0.4 is 10.1 Å². The lowest BCUT2D eigenvalue weighted by molar-refractivity contribution is 0.0438. The van der Waals surface area contributed by atoms with Crippen LogP contribution in [0.25, 0.3) is 11.0 Å². The quantitative estimate of drug-likeness (QED) is 0.752. The molecule has 0 radical (unpaired) electrons. The van der Waals surface area contributed by atoms with E-state index in [0.717, 1.165) is 35.2 Å². The van der Waals surface area contributed by atoms with E-state index in [0.29, 0.717) is 19.1 Å². The number of aryl methyl sites for hydroxylation is 1. The zero-order valence-electron chi connectivity index (χ0n) is 17.1. The molecule has 4 rings (SSSR count). The van der Waals surface area contributed by atoms with Gasteiger partial charge in [-0.25, -0.2) is 9.78 Å². The molecule has 1 aromatic heterocycles. The van der Waals surface area contributed by atoms with E-state index in [4.69, 9.17) is 9.84 Å². The Balaban J connectivity index is 0.000000516. The standard InChI is InChI=1S/C18H24N4O2.C3H8O/c1-12-7-15-17(20-11-19-15)16(8-12)24-14-9-22(10-14)18(23)21-13-5-3-2-4-6-13;1-3(2)4/h7-8,11,13-14H,2-6,9-10H2,1H3,(H,19,20)(H,21,23);3-4H,1-2H3. The van der Waals surface area contributed by atoms with Crippen LogP contribution in [0.2, 0.25) is 0 Å². The van der Waals surface area contributed by atoms with Crippen molar-refractivity contribution in [2.75, 3.05) is 13.1 Å². The molecule has 154 valence electrons. The van der Waals surface area contributed by atoms with Crippen molar-refractivity contribution >= 4 is 17.1 Å². The first kappa shape index (κ1) is 20.5. The number of carbonyl (C=O) groups is 1. The molecule has 7 heteroatoms. The molecule has 0 unspecified atom stereocenters. The molecule has 0 spiro atoms. The van der Waals surface area contributed by atoms with Gasteiger partial charge < -0.3 is 25.0 Å². The van der Waals surface area contributed by atoms with E-state index < -0.39 is 0 Å². The summed E-state index contributed by atoms with van der Waals surface area (Å²) in [4.78, 5) is 21.5. The molecule has 0 bridgehead atoms. The molecule has 2 aliphatic rings. The van der Waals surface area contributed by atoms with Gasteiger partial charge in [-0.1, -0.05) is 19.3 Å². The Kier molecular flexibility index (Phi) is 6.78. The summed E-state index contributed by atoms with van der Waals surface area (Å²) < 4.78 is 6.07. The van der Waals surface area contributed by atoms with Crippen LogP contribution in [0.4, 0.5) is 4.79 Å². The van der Waals surface area contributed by atoms with Crippen molar-refractivity contribution in [3.8, 4) is 5.75 Å². The van der Waals surface area contributed by atoms with E-state index in [1.807, 2.05) is 17.9 Å². The van der Waals surface area contributed by atoms with Gasteiger partial charge >= 0.3 is 6.03 Å². The zero-order chi connectivity index (χ0) is 20.1. The number of likely N-dealkylation sites (tertiary alicyclic amines) is 1. The predicted octanol–water partition coefficient (Wildman–Crippen LogP) is 3.36. The minimum Gasteiger partial charge on any atom is -0.484 e. The number of urea groups is 1. The molecular weight excluding hydrogens is 356 g/mol. The van der Waals surface area contributed by atoms with Crippen molar-refractivity contribution in [3.63, 3.8) is 0 Å². The van der Waals surface area contributed by atoms with Gasteiger partial charge in [-0.3, -0.25) is 0 Å². The van der Waals surface area contributed by atoms with Crippen LogP contribution in [0.3, 0.4) is 0 Å². The summed E-state index contributed by atoms with van der Waals surface area (Å²) in [5.74, 6) is 0.795.